The molecule has 1 unspecified atom stereocenters. The zero-order valence-corrected chi connectivity index (χ0v) is 13.5. The van der Waals surface area contributed by atoms with Crippen molar-refractivity contribution in [2.24, 2.45) is 0 Å². The Morgan fingerprint density at radius 3 is 2.55 bits per heavy atom. The number of nitrogens with one attached hydrogen (secondary N) is 1. The fourth-order valence-electron chi connectivity index (χ4n) is 2.65. The Bertz CT molecular complexity index is 373. The summed E-state index contributed by atoms with van der Waals surface area (Å²) in [4.78, 5) is 0. The Morgan fingerprint density at radius 1 is 1.25 bits per heavy atom. The highest BCUT2D eigenvalue weighted by molar-refractivity contribution is 7.99. The van der Waals surface area contributed by atoms with Crippen molar-refractivity contribution in [1.82, 2.24) is 5.32 Å². The van der Waals surface area contributed by atoms with E-state index >= 15 is 0 Å². The molecule has 1 atom stereocenters. The molecular formula is C17H27NOS. The van der Waals surface area contributed by atoms with Gasteiger partial charge < -0.3 is 10.1 Å². The minimum absolute atomic E-state index is 0.445. The third-order valence-corrected chi connectivity index (χ3v) is 5.37. The molecule has 0 aliphatic heterocycles. The topological polar surface area (TPSA) is 21.3 Å². The molecule has 0 radical (unpaired) electrons. The van der Waals surface area contributed by atoms with E-state index in [9.17, 15) is 0 Å². The molecule has 1 aromatic rings. The molecule has 1 N–H and O–H groups in total. The van der Waals surface area contributed by atoms with Crippen LogP contribution in [0.4, 0.5) is 0 Å². The molecule has 0 amide bonds. The quantitative estimate of drug-likeness (QED) is 0.767. The summed E-state index contributed by atoms with van der Waals surface area (Å²) in [5.41, 5.74) is 1.36. The van der Waals surface area contributed by atoms with Crippen molar-refractivity contribution in [2.75, 3.05) is 19.4 Å². The molecule has 2 rings (SSSR count). The van der Waals surface area contributed by atoms with Crippen molar-refractivity contribution in [2.45, 2.75) is 50.3 Å². The molecule has 1 aliphatic carbocycles. The van der Waals surface area contributed by atoms with E-state index in [1.807, 2.05) is 0 Å². The highest BCUT2D eigenvalue weighted by Gasteiger charge is 2.18. The van der Waals surface area contributed by atoms with Gasteiger partial charge in [-0.25, -0.2) is 0 Å². The summed E-state index contributed by atoms with van der Waals surface area (Å²) in [7, 11) is 2.06. The van der Waals surface area contributed by atoms with Crippen LogP contribution >= 0.6 is 11.8 Å². The van der Waals surface area contributed by atoms with Crippen molar-refractivity contribution >= 4 is 11.8 Å². The maximum absolute atomic E-state index is 5.64. The molecule has 1 aromatic carbocycles. The lowest BCUT2D eigenvalue weighted by molar-refractivity contribution is 0.317. The molecule has 1 fully saturated rings. The summed E-state index contributed by atoms with van der Waals surface area (Å²) >= 11 is 2.14. The zero-order chi connectivity index (χ0) is 14.2. The maximum Gasteiger partial charge on any atom is 0.119 e. The van der Waals surface area contributed by atoms with E-state index in [2.05, 4.69) is 55.3 Å². The van der Waals surface area contributed by atoms with Crippen LogP contribution in [0, 0.1) is 0 Å². The molecule has 1 saturated carbocycles. The summed E-state index contributed by atoms with van der Waals surface area (Å²) in [6.45, 7) is 2.93. The lowest BCUT2D eigenvalue weighted by Crippen LogP contribution is -2.19. The van der Waals surface area contributed by atoms with Crippen LogP contribution in [0.5, 0.6) is 5.75 Å². The molecule has 0 spiro atoms. The van der Waals surface area contributed by atoms with E-state index in [0.717, 1.165) is 29.8 Å². The van der Waals surface area contributed by atoms with Crippen molar-refractivity contribution in [3.05, 3.63) is 29.8 Å². The average molecular weight is 293 g/mol. The second kappa shape index (κ2) is 8.58. The summed E-state index contributed by atoms with van der Waals surface area (Å²) in [5, 5.41) is 4.33. The van der Waals surface area contributed by atoms with Gasteiger partial charge in [0.15, 0.2) is 0 Å². The number of rotatable bonds is 8. The van der Waals surface area contributed by atoms with Gasteiger partial charge in [0.25, 0.3) is 0 Å². The van der Waals surface area contributed by atoms with Gasteiger partial charge in [0.1, 0.15) is 5.75 Å². The van der Waals surface area contributed by atoms with E-state index in [1.165, 1.54) is 31.2 Å². The smallest absolute Gasteiger partial charge is 0.119 e. The molecule has 0 heterocycles. The Morgan fingerprint density at radius 2 is 1.95 bits per heavy atom. The third-order valence-electron chi connectivity index (χ3n) is 3.90. The van der Waals surface area contributed by atoms with Crippen LogP contribution in [0.2, 0.25) is 0 Å². The van der Waals surface area contributed by atoms with Crippen LogP contribution in [0.1, 0.15) is 50.6 Å². The van der Waals surface area contributed by atoms with Gasteiger partial charge in [-0.1, -0.05) is 31.9 Å². The highest BCUT2D eigenvalue weighted by atomic mass is 32.2. The van der Waals surface area contributed by atoms with Crippen molar-refractivity contribution in [1.29, 1.82) is 0 Å². The number of thioether (sulfide) groups is 1. The van der Waals surface area contributed by atoms with Gasteiger partial charge in [-0.05, 0) is 44.0 Å². The monoisotopic (exact) mass is 293 g/mol. The summed E-state index contributed by atoms with van der Waals surface area (Å²) < 4.78 is 5.64. The first kappa shape index (κ1) is 15.7. The summed E-state index contributed by atoms with van der Waals surface area (Å²) in [6, 6.07) is 9.02. The van der Waals surface area contributed by atoms with E-state index in [0.29, 0.717) is 6.04 Å². The zero-order valence-electron chi connectivity index (χ0n) is 12.7. The standard InChI is InChI=1S/C17H27NOS/c1-3-12-19-15-10-8-14(9-11-15)17(18-2)13-20-16-6-4-5-7-16/h8-11,16-18H,3-7,12-13H2,1-2H3. The lowest BCUT2D eigenvalue weighted by Gasteiger charge is -2.19. The van der Waals surface area contributed by atoms with Crippen molar-refractivity contribution < 1.29 is 4.74 Å². The van der Waals surface area contributed by atoms with Crippen molar-refractivity contribution in [3.8, 4) is 5.75 Å². The lowest BCUT2D eigenvalue weighted by atomic mass is 10.1. The second-order valence-corrected chi connectivity index (χ2v) is 6.83. The molecule has 2 nitrogen and oxygen atoms in total. The fraction of sp³-hybridized carbons (Fsp3) is 0.647. The molecular weight excluding hydrogens is 266 g/mol. The van der Waals surface area contributed by atoms with Gasteiger partial charge in [-0.3, -0.25) is 0 Å². The Hall–Kier alpha value is -0.670. The van der Waals surface area contributed by atoms with E-state index in [1.54, 1.807) is 0 Å². The first-order chi connectivity index (χ1) is 9.83. The molecule has 3 heteroatoms. The highest BCUT2D eigenvalue weighted by Crippen LogP contribution is 2.32. The van der Waals surface area contributed by atoms with Gasteiger partial charge in [0.05, 0.1) is 6.61 Å². The number of hydrogen-bond donors (Lipinski definition) is 1. The SMILES string of the molecule is CCCOc1ccc(C(CSC2CCCC2)NC)cc1. The fourth-order valence-corrected chi connectivity index (χ4v) is 4.14. The minimum atomic E-state index is 0.445. The van der Waals surface area contributed by atoms with Crippen LogP contribution in [0.25, 0.3) is 0 Å². The van der Waals surface area contributed by atoms with E-state index < -0.39 is 0 Å². The van der Waals surface area contributed by atoms with Gasteiger partial charge >= 0.3 is 0 Å². The third kappa shape index (κ3) is 4.71. The predicted molar refractivity (Wildman–Crippen MR) is 88.7 cm³/mol. The number of ether oxygens (including phenoxy) is 1. The normalized spacial score (nSPS) is 17.3. The van der Waals surface area contributed by atoms with Crippen LogP contribution in [-0.2, 0) is 0 Å². The van der Waals surface area contributed by atoms with Crippen LogP contribution in [0.3, 0.4) is 0 Å². The van der Waals surface area contributed by atoms with Gasteiger partial charge in [0.2, 0.25) is 0 Å². The molecule has 112 valence electrons. The van der Waals surface area contributed by atoms with Crippen LogP contribution < -0.4 is 10.1 Å². The number of hydrogen-bond acceptors (Lipinski definition) is 3. The minimum Gasteiger partial charge on any atom is -0.494 e. The second-order valence-electron chi connectivity index (χ2n) is 5.50. The predicted octanol–water partition coefficient (Wildman–Crippen LogP) is 4.41. The van der Waals surface area contributed by atoms with E-state index in [4.69, 9.17) is 4.74 Å². The summed E-state index contributed by atoms with van der Waals surface area (Å²) in [6.07, 6.45) is 6.71. The summed E-state index contributed by atoms with van der Waals surface area (Å²) in [5.74, 6) is 2.14. The van der Waals surface area contributed by atoms with E-state index in [-0.39, 0.29) is 0 Å². The molecule has 0 bridgehead atoms. The molecule has 1 aliphatic rings. The van der Waals surface area contributed by atoms with Gasteiger partial charge in [-0.2, -0.15) is 11.8 Å². The largest absolute Gasteiger partial charge is 0.494 e. The van der Waals surface area contributed by atoms with Crippen LogP contribution in [0.15, 0.2) is 24.3 Å². The first-order valence-electron chi connectivity index (χ1n) is 7.85. The van der Waals surface area contributed by atoms with Crippen molar-refractivity contribution in [3.63, 3.8) is 0 Å². The Kier molecular flexibility index (Phi) is 6.74. The number of benzene rings is 1. The molecule has 0 aromatic heterocycles. The van der Waals surface area contributed by atoms with Gasteiger partial charge in [-0.15, -0.1) is 0 Å². The molecule has 20 heavy (non-hydrogen) atoms. The maximum atomic E-state index is 5.64. The van der Waals surface area contributed by atoms with Gasteiger partial charge in [0, 0.05) is 17.0 Å². The Balaban J connectivity index is 1.85. The average Bonchev–Trinajstić information content (AvgIpc) is 3.00. The Labute approximate surface area is 127 Å². The first-order valence-corrected chi connectivity index (χ1v) is 8.90. The van der Waals surface area contributed by atoms with Crippen LogP contribution in [-0.4, -0.2) is 24.7 Å². The molecule has 0 saturated heterocycles.